The lowest BCUT2D eigenvalue weighted by atomic mass is 10.0. The van der Waals surface area contributed by atoms with E-state index in [2.05, 4.69) is 5.32 Å². The van der Waals surface area contributed by atoms with Crippen LogP contribution in [0.1, 0.15) is 37.2 Å². The predicted molar refractivity (Wildman–Crippen MR) is 82.8 cm³/mol. The molecule has 2 aliphatic rings. The van der Waals surface area contributed by atoms with Crippen molar-refractivity contribution in [2.45, 2.75) is 37.6 Å². The first kappa shape index (κ1) is 17.2. The molecular weight excluding hydrogens is 310 g/mol. The van der Waals surface area contributed by atoms with E-state index < -0.39 is 11.6 Å². The highest BCUT2D eigenvalue weighted by Crippen LogP contribution is 2.48. The summed E-state index contributed by atoms with van der Waals surface area (Å²) in [6, 6.07) is 4.29. The number of halogens is 3. The first-order chi connectivity index (χ1) is 10.1. The highest BCUT2D eigenvalue weighted by Gasteiger charge is 2.46. The number of nitrogens with one attached hydrogen (secondary N) is 1. The van der Waals surface area contributed by atoms with Crippen LogP contribution in [0.15, 0.2) is 18.2 Å². The maximum atomic E-state index is 13.7. The van der Waals surface area contributed by atoms with Crippen LogP contribution in [-0.2, 0) is 4.79 Å². The average Bonchev–Trinajstić information content (AvgIpc) is 3.15. The molecule has 4 unspecified atom stereocenters. The molecule has 3 rings (SSSR count). The van der Waals surface area contributed by atoms with E-state index in [-0.39, 0.29) is 36.2 Å². The molecule has 0 aliphatic heterocycles. The molecule has 2 aliphatic carbocycles. The Balaban J connectivity index is 0.00000176. The number of hydrogen-bond donors (Lipinski definition) is 2. The van der Waals surface area contributed by atoms with Gasteiger partial charge in [0.05, 0.1) is 0 Å². The van der Waals surface area contributed by atoms with E-state index in [4.69, 9.17) is 5.73 Å². The summed E-state index contributed by atoms with van der Waals surface area (Å²) < 4.78 is 27.0. The Morgan fingerprint density at radius 1 is 1.32 bits per heavy atom. The smallest absolute Gasteiger partial charge is 0.223 e. The second-order valence-corrected chi connectivity index (χ2v) is 6.13. The fourth-order valence-electron chi connectivity index (χ4n) is 3.43. The van der Waals surface area contributed by atoms with Crippen LogP contribution in [0, 0.1) is 23.5 Å². The van der Waals surface area contributed by atoms with Gasteiger partial charge >= 0.3 is 0 Å². The van der Waals surface area contributed by atoms with Crippen LogP contribution in [0.4, 0.5) is 8.78 Å². The summed E-state index contributed by atoms with van der Waals surface area (Å²) in [5.74, 6) is -1.80. The van der Waals surface area contributed by atoms with Crippen LogP contribution in [0.3, 0.4) is 0 Å². The van der Waals surface area contributed by atoms with Crippen LogP contribution >= 0.6 is 12.4 Å². The maximum absolute atomic E-state index is 13.7. The molecule has 0 bridgehead atoms. The van der Waals surface area contributed by atoms with Gasteiger partial charge in [-0.3, -0.25) is 4.79 Å². The van der Waals surface area contributed by atoms with Crippen molar-refractivity contribution in [2.75, 3.05) is 6.54 Å². The van der Waals surface area contributed by atoms with E-state index in [1.54, 1.807) is 6.07 Å². The van der Waals surface area contributed by atoms with E-state index in [9.17, 15) is 13.6 Å². The molecule has 22 heavy (non-hydrogen) atoms. The van der Waals surface area contributed by atoms with Crippen molar-refractivity contribution in [3.63, 3.8) is 0 Å². The summed E-state index contributed by atoms with van der Waals surface area (Å²) in [4.78, 5) is 12.2. The zero-order chi connectivity index (χ0) is 15.0. The highest BCUT2D eigenvalue weighted by atomic mass is 35.5. The minimum absolute atomic E-state index is 0. The standard InChI is InChI=1S/C16H20F2N2O.ClH/c17-13-5-2-4-10(15(13)18)11-7-12(11)16(21)20-14-6-1-3-9(14)8-19;/h2,4-5,9,11-12,14H,1,3,6-8,19H2,(H,20,21);1H. The van der Waals surface area contributed by atoms with Crippen molar-refractivity contribution in [1.82, 2.24) is 5.32 Å². The minimum atomic E-state index is -0.849. The summed E-state index contributed by atoms with van der Waals surface area (Å²) in [6.45, 7) is 0.581. The number of benzene rings is 1. The van der Waals surface area contributed by atoms with Crippen molar-refractivity contribution >= 4 is 18.3 Å². The highest BCUT2D eigenvalue weighted by molar-refractivity contribution is 5.85. The summed E-state index contributed by atoms with van der Waals surface area (Å²) in [5.41, 5.74) is 6.02. The van der Waals surface area contributed by atoms with Crippen molar-refractivity contribution < 1.29 is 13.6 Å². The van der Waals surface area contributed by atoms with Gasteiger partial charge in [-0.05, 0) is 49.3 Å². The van der Waals surface area contributed by atoms with Gasteiger partial charge in [-0.25, -0.2) is 8.78 Å². The van der Waals surface area contributed by atoms with Crippen LogP contribution in [0.2, 0.25) is 0 Å². The Labute approximate surface area is 135 Å². The molecule has 2 fully saturated rings. The first-order valence-electron chi connectivity index (χ1n) is 7.56. The van der Waals surface area contributed by atoms with E-state index >= 15 is 0 Å². The molecule has 1 amide bonds. The zero-order valence-electron chi connectivity index (χ0n) is 12.2. The van der Waals surface area contributed by atoms with Gasteiger partial charge in [0, 0.05) is 12.0 Å². The quantitative estimate of drug-likeness (QED) is 0.892. The molecule has 1 aromatic rings. The lowest BCUT2D eigenvalue weighted by Crippen LogP contribution is -2.40. The van der Waals surface area contributed by atoms with Crippen molar-refractivity contribution in [3.05, 3.63) is 35.4 Å². The van der Waals surface area contributed by atoms with E-state index in [1.807, 2.05) is 0 Å². The molecule has 0 heterocycles. The second-order valence-electron chi connectivity index (χ2n) is 6.13. The largest absolute Gasteiger partial charge is 0.353 e. The van der Waals surface area contributed by atoms with Gasteiger partial charge in [-0.1, -0.05) is 18.6 Å². The first-order valence-corrected chi connectivity index (χ1v) is 7.56. The Hall–Kier alpha value is -1.20. The van der Waals surface area contributed by atoms with Gasteiger partial charge in [-0.15, -0.1) is 12.4 Å². The van der Waals surface area contributed by atoms with Crippen molar-refractivity contribution in [3.8, 4) is 0 Å². The molecule has 1 aromatic carbocycles. The minimum Gasteiger partial charge on any atom is -0.353 e. The van der Waals surface area contributed by atoms with Gasteiger partial charge in [-0.2, -0.15) is 0 Å². The van der Waals surface area contributed by atoms with Crippen LogP contribution in [0.5, 0.6) is 0 Å². The Morgan fingerprint density at radius 3 is 2.82 bits per heavy atom. The van der Waals surface area contributed by atoms with Gasteiger partial charge < -0.3 is 11.1 Å². The molecule has 0 spiro atoms. The van der Waals surface area contributed by atoms with E-state index in [1.165, 1.54) is 6.07 Å². The summed E-state index contributed by atoms with van der Waals surface area (Å²) >= 11 is 0. The van der Waals surface area contributed by atoms with Crippen LogP contribution in [0.25, 0.3) is 0 Å². The third-order valence-electron chi connectivity index (χ3n) is 4.80. The van der Waals surface area contributed by atoms with Crippen LogP contribution < -0.4 is 11.1 Å². The zero-order valence-corrected chi connectivity index (χ0v) is 13.0. The Morgan fingerprint density at radius 2 is 2.09 bits per heavy atom. The molecule has 0 aromatic heterocycles. The van der Waals surface area contributed by atoms with E-state index in [0.717, 1.165) is 25.3 Å². The number of nitrogens with two attached hydrogens (primary N) is 1. The van der Waals surface area contributed by atoms with E-state index in [0.29, 0.717) is 24.4 Å². The van der Waals surface area contributed by atoms with Gasteiger partial charge in [0.25, 0.3) is 0 Å². The normalized spacial score (nSPS) is 29.8. The fraction of sp³-hybridized carbons (Fsp3) is 0.562. The SMILES string of the molecule is Cl.NCC1CCCC1NC(=O)C1CC1c1cccc(F)c1F. The molecular formula is C16H21ClF2N2O. The third-order valence-corrected chi connectivity index (χ3v) is 4.80. The second kappa shape index (κ2) is 6.92. The molecule has 3 nitrogen and oxygen atoms in total. The number of rotatable bonds is 4. The Kier molecular flexibility index (Phi) is 5.40. The lowest BCUT2D eigenvalue weighted by Gasteiger charge is -2.19. The van der Waals surface area contributed by atoms with Crippen molar-refractivity contribution in [1.29, 1.82) is 0 Å². The van der Waals surface area contributed by atoms with Gasteiger partial charge in [0.1, 0.15) is 0 Å². The number of carbonyl (C=O) groups excluding carboxylic acids is 1. The molecule has 122 valence electrons. The monoisotopic (exact) mass is 330 g/mol. The van der Waals surface area contributed by atoms with Gasteiger partial charge in [0.2, 0.25) is 5.91 Å². The third kappa shape index (κ3) is 3.25. The predicted octanol–water partition coefficient (Wildman–Crippen LogP) is 2.73. The molecule has 4 atom stereocenters. The molecule has 6 heteroatoms. The molecule has 3 N–H and O–H groups in total. The van der Waals surface area contributed by atoms with Gasteiger partial charge in [0.15, 0.2) is 11.6 Å². The maximum Gasteiger partial charge on any atom is 0.223 e. The Bertz CT molecular complexity index is 555. The summed E-state index contributed by atoms with van der Waals surface area (Å²) in [6.07, 6.45) is 3.68. The van der Waals surface area contributed by atoms with Crippen LogP contribution in [-0.4, -0.2) is 18.5 Å². The summed E-state index contributed by atoms with van der Waals surface area (Å²) in [5, 5.41) is 3.04. The number of hydrogen-bond acceptors (Lipinski definition) is 2. The number of carbonyl (C=O) groups is 1. The average molecular weight is 331 g/mol. The number of amides is 1. The molecule has 0 saturated heterocycles. The molecule has 0 radical (unpaired) electrons. The molecule has 2 saturated carbocycles. The summed E-state index contributed by atoms with van der Waals surface area (Å²) in [7, 11) is 0. The lowest BCUT2D eigenvalue weighted by molar-refractivity contribution is -0.123. The fourth-order valence-corrected chi connectivity index (χ4v) is 3.43. The van der Waals surface area contributed by atoms with Crippen molar-refractivity contribution in [2.24, 2.45) is 17.6 Å². The topological polar surface area (TPSA) is 55.1 Å².